The van der Waals surface area contributed by atoms with Crippen molar-refractivity contribution in [2.24, 2.45) is 17.3 Å². The molecule has 388 valence electrons. The molecule has 6 atom stereocenters. The minimum atomic E-state index is -1.25. The van der Waals surface area contributed by atoms with Gasteiger partial charge < -0.3 is 43.8 Å². The van der Waals surface area contributed by atoms with Crippen molar-refractivity contribution in [3.8, 4) is 28.1 Å². The molecule has 16 nitrogen and oxygen atoms in total. The van der Waals surface area contributed by atoms with Crippen LogP contribution in [0.2, 0.25) is 0 Å². The Labute approximate surface area is 428 Å². The highest BCUT2D eigenvalue weighted by molar-refractivity contribution is 5.96. The standard InChI is InChI=1S/C57H71N7O9/c1-10-62-47-20-19-39-30-44(47)45(51(62)42-18-14-23-58-48(42)36(4)71-8)31-56(5,6)33-73-34-57(32-65)22-15-24-64(60-57)54(69)46(28-37-26-40(39)29-41(66)27-37)59-52(67)49(35(2)3)61(7)53(68)43-21-25-63(55(70)72-9)50(43)38-16-12-11-13-17-38/h11-14,16-20,23,26-27,29-30,32,35-36,43,46,49-50,60,66H,10,15,21-22,24-25,28,31,33-34H2,1-9H3,(H,59,67)/t36-,43?,46-,49-,50+,57-/m0/s1. The first-order chi connectivity index (χ1) is 34.9. The summed E-state index contributed by atoms with van der Waals surface area (Å²) < 4.78 is 19.8. The van der Waals surface area contributed by atoms with Crippen LogP contribution in [-0.2, 0) is 52.8 Å². The average molecular weight is 998 g/mol. The van der Waals surface area contributed by atoms with Gasteiger partial charge in [0, 0.05) is 62.9 Å². The van der Waals surface area contributed by atoms with Gasteiger partial charge in [0.05, 0.1) is 49.8 Å². The highest BCUT2D eigenvalue weighted by atomic mass is 16.5. The first-order valence-corrected chi connectivity index (χ1v) is 25.5. The number of aryl methyl sites for hydroxylation is 1. The molecule has 0 spiro atoms. The largest absolute Gasteiger partial charge is 0.508 e. The van der Waals surface area contributed by atoms with Crippen LogP contribution in [0.4, 0.5) is 4.79 Å². The number of aromatic hydroxyl groups is 1. The van der Waals surface area contributed by atoms with Crippen LogP contribution in [0, 0.1) is 17.3 Å². The third-order valence-corrected chi connectivity index (χ3v) is 15.0. The normalized spacial score (nSPS) is 22.1. The van der Waals surface area contributed by atoms with Gasteiger partial charge in [-0.25, -0.2) is 10.2 Å². The molecule has 5 aromatic rings. The van der Waals surface area contributed by atoms with Gasteiger partial charge in [-0.05, 0) is 115 Å². The number of nitrogens with one attached hydrogen (secondary N) is 2. The molecule has 16 heteroatoms. The lowest BCUT2D eigenvalue weighted by Gasteiger charge is -2.42. The number of hydrazine groups is 1. The highest BCUT2D eigenvalue weighted by Gasteiger charge is 2.46. The lowest BCUT2D eigenvalue weighted by Crippen LogP contribution is -2.66. The van der Waals surface area contributed by atoms with Crippen LogP contribution in [-0.4, -0.2) is 125 Å². The molecule has 3 aliphatic heterocycles. The maximum absolute atomic E-state index is 15.1. The van der Waals surface area contributed by atoms with Gasteiger partial charge in [-0.15, -0.1) is 0 Å². The lowest BCUT2D eigenvalue weighted by molar-refractivity contribution is -0.149. The Bertz CT molecular complexity index is 2850. The van der Waals surface area contributed by atoms with Crippen molar-refractivity contribution in [1.29, 1.82) is 0 Å². The monoisotopic (exact) mass is 998 g/mol. The van der Waals surface area contributed by atoms with Gasteiger partial charge in [-0.1, -0.05) is 70.2 Å². The fraction of sp³-hybridized carbons (Fsp3) is 0.474. The van der Waals surface area contributed by atoms with Gasteiger partial charge in [0.25, 0.3) is 5.91 Å². The highest BCUT2D eigenvalue weighted by Crippen LogP contribution is 2.43. The van der Waals surface area contributed by atoms with Gasteiger partial charge >= 0.3 is 6.09 Å². The van der Waals surface area contributed by atoms with Crippen LogP contribution in [0.1, 0.15) is 95.3 Å². The Morgan fingerprint density at radius 1 is 1.00 bits per heavy atom. The number of aldehydes is 1. The molecular formula is C57H71N7O9. The molecule has 0 saturated carbocycles. The number of benzene rings is 3. The van der Waals surface area contributed by atoms with E-state index in [0.717, 1.165) is 50.8 Å². The number of hydrogen-bond acceptors (Lipinski definition) is 11. The first kappa shape index (κ1) is 52.7. The van der Waals surface area contributed by atoms with Crippen molar-refractivity contribution in [2.75, 3.05) is 47.6 Å². The molecular weight excluding hydrogens is 927 g/mol. The number of aromatic nitrogens is 2. The van der Waals surface area contributed by atoms with Crippen molar-refractivity contribution < 1.29 is 43.3 Å². The van der Waals surface area contributed by atoms with Crippen molar-refractivity contribution in [2.45, 2.75) is 110 Å². The van der Waals surface area contributed by atoms with E-state index in [2.05, 4.69) is 54.3 Å². The molecule has 1 unspecified atom stereocenters. The Kier molecular flexibility index (Phi) is 15.8. The molecule has 3 N–H and O–H groups in total. The second-order valence-corrected chi connectivity index (χ2v) is 21.1. The molecule has 2 saturated heterocycles. The fourth-order valence-electron chi connectivity index (χ4n) is 11.4. The van der Waals surface area contributed by atoms with Crippen LogP contribution >= 0.6 is 0 Å². The summed E-state index contributed by atoms with van der Waals surface area (Å²) >= 11 is 0. The predicted molar refractivity (Wildman–Crippen MR) is 278 cm³/mol. The van der Waals surface area contributed by atoms with E-state index in [1.807, 2.05) is 69.3 Å². The summed E-state index contributed by atoms with van der Waals surface area (Å²) in [5, 5.41) is 16.9. The van der Waals surface area contributed by atoms with E-state index in [9.17, 15) is 24.3 Å². The summed E-state index contributed by atoms with van der Waals surface area (Å²) in [6.07, 6.45) is 3.57. The Balaban J connectivity index is 1.20. The summed E-state index contributed by atoms with van der Waals surface area (Å²) in [5.41, 5.74) is 9.34. The molecule has 2 fully saturated rings. The van der Waals surface area contributed by atoms with Gasteiger partial charge in [0.2, 0.25) is 11.8 Å². The molecule has 5 heterocycles. The van der Waals surface area contributed by atoms with Crippen molar-refractivity contribution in [3.05, 3.63) is 107 Å². The topological polar surface area (TPSA) is 185 Å². The number of likely N-dealkylation sites (tertiary alicyclic amines) is 1. The maximum atomic E-state index is 15.1. The second kappa shape index (κ2) is 21.8. The Morgan fingerprint density at radius 3 is 2.47 bits per heavy atom. The molecule has 73 heavy (non-hydrogen) atoms. The summed E-state index contributed by atoms with van der Waals surface area (Å²) in [7, 11) is 4.58. The Morgan fingerprint density at radius 2 is 1.77 bits per heavy atom. The van der Waals surface area contributed by atoms with Crippen molar-refractivity contribution in [1.82, 2.24) is 35.1 Å². The zero-order valence-corrected chi connectivity index (χ0v) is 43.6. The number of fused-ring (bicyclic) bond motifs is 6. The zero-order valence-electron chi connectivity index (χ0n) is 43.6. The average Bonchev–Trinajstić information content (AvgIpc) is 3.96. The van der Waals surface area contributed by atoms with E-state index in [4.69, 9.17) is 19.2 Å². The number of phenolic OH excluding ortho intramolecular Hbond substituents is 1. The quantitative estimate of drug-likeness (QED) is 0.110. The lowest BCUT2D eigenvalue weighted by atomic mass is 9.84. The molecule has 0 aliphatic carbocycles. The van der Waals surface area contributed by atoms with Gasteiger partial charge in [-0.2, -0.15) is 0 Å². The molecule has 4 amide bonds. The number of amides is 4. The minimum absolute atomic E-state index is 0.0106. The third-order valence-electron chi connectivity index (χ3n) is 15.0. The maximum Gasteiger partial charge on any atom is 0.410 e. The van der Waals surface area contributed by atoms with Crippen molar-refractivity contribution in [3.63, 3.8) is 0 Å². The van der Waals surface area contributed by atoms with E-state index in [1.165, 1.54) is 17.0 Å². The number of likely N-dealkylation sites (N-methyl/N-ethyl adjacent to an activating group) is 1. The molecule has 8 rings (SSSR count). The second-order valence-electron chi connectivity index (χ2n) is 21.1. The molecule has 3 aliphatic rings. The number of methoxy groups -OCH3 is 2. The smallest absolute Gasteiger partial charge is 0.410 e. The number of hydrogen-bond donors (Lipinski definition) is 3. The summed E-state index contributed by atoms with van der Waals surface area (Å²) in [6, 6.07) is 22.0. The number of nitrogens with zero attached hydrogens (tertiary/aromatic N) is 5. The van der Waals surface area contributed by atoms with Crippen LogP contribution in [0.15, 0.2) is 85.1 Å². The number of phenols is 1. The number of rotatable bonds is 11. The van der Waals surface area contributed by atoms with Gasteiger partial charge in [-0.3, -0.25) is 24.4 Å². The van der Waals surface area contributed by atoms with Crippen LogP contribution in [0.3, 0.4) is 0 Å². The van der Waals surface area contributed by atoms with E-state index in [0.29, 0.717) is 43.4 Å². The summed E-state index contributed by atoms with van der Waals surface area (Å²) in [4.78, 5) is 78.7. The molecule has 3 aromatic carbocycles. The molecule has 6 bridgehead atoms. The number of ether oxygens (including phenoxy) is 3. The van der Waals surface area contributed by atoms with Gasteiger partial charge in [0.1, 0.15) is 29.7 Å². The summed E-state index contributed by atoms with van der Waals surface area (Å²) in [6.45, 7) is 13.6. The fourth-order valence-corrected chi connectivity index (χ4v) is 11.4. The van der Waals surface area contributed by atoms with E-state index in [-0.39, 0.29) is 50.5 Å². The first-order valence-electron chi connectivity index (χ1n) is 25.5. The predicted octanol–water partition coefficient (Wildman–Crippen LogP) is 7.81. The summed E-state index contributed by atoms with van der Waals surface area (Å²) in [5.74, 6) is -2.48. The number of carbonyl (C=O) groups excluding carboxylic acids is 5. The van der Waals surface area contributed by atoms with Crippen LogP contribution in [0.25, 0.3) is 33.3 Å². The Hall–Kier alpha value is -6.62. The van der Waals surface area contributed by atoms with E-state index < -0.39 is 58.8 Å². The number of pyridine rings is 1. The SMILES string of the molecule is CCn1c(-c2cccnc2[C@H](C)OC)c2c3cc(ccc31)-c1cc(O)cc(c1)C[C@H](NC(=O)[C@H](C(C)C)N(C)C(=O)C1CCN(C(=O)OC)[C@@H]1c1ccccc1)C(=O)N1CCC[C@](C=O)(COCC(C)(C)C2)N1. The van der Waals surface area contributed by atoms with Crippen LogP contribution < -0.4 is 10.7 Å². The number of carbonyl (C=O) groups is 5. The molecule has 2 aromatic heterocycles. The van der Waals surface area contributed by atoms with E-state index >= 15 is 4.79 Å². The van der Waals surface area contributed by atoms with Crippen LogP contribution in [0.5, 0.6) is 5.75 Å². The third kappa shape index (κ3) is 10.7. The van der Waals surface area contributed by atoms with Gasteiger partial charge in [0.15, 0.2) is 0 Å². The van der Waals surface area contributed by atoms with Crippen molar-refractivity contribution >= 4 is 41.0 Å². The zero-order chi connectivity index (χ0) is 52.4. The minimum Gasteiger partial charge on any atom is -0.508 e. The van der Waals surface area contributed by atoms with E-state index in [1.54, 1.807) is 37.4 Å². The molecule has 0 radical (unpaired) electrons.